The predicted molar refractivity (Wildman–Crippen MR) is 59.9 cm³/mol. The second-order valence-electron chi connectivity index (χ2n) is 2.65. The Morgan fingerprint density at radius 3 is 2.42 bits per heavy atom. The Bertz CT molecular complexity index is 262. The minimum Gasteiger partial charge on any atom is -0.389 e. The largest absolute Gasteiger partial charge is 0.389 e. The number of aliphatic hydroxyl groups excluding tert-OH is 1. The van der Waals surface area contributed by atoms with Crippen molar-refractivity contribution in [2.24, 2.45) is 0 Å². The van der Waals surface area contributed by atoms with Crippen LogP contribution in [0.5, 0.6) is 0 Å². The van der Waals surface area contributed by atoms with Crippen molar-refractivity contribution in [3.05, 3.63) is 39.5 Å². The van der Waals surface area contributed by atoms with E-state index in [1.165, 1.54) is 3.57 Å². The lowest BCUT2D eigenvalue weighted by Crippen LogP contribution is -1.91. The van der Waals surface area contributed by atoms with Crippen molar-refractivity contribution in [2.45, 2.75) is 13.0 Å². The lowest BCUT2D eigenvalue weighted by atomic mass is 10.2. The molecule has 1 aromatic carbocycles. The molecule has 0 aliphatic heterocycles. The average molecular weight is 274 g/mol. The summed E-state index contributed by atoms with van der Waals surface area (Å²) in [5.41, 5.74) is 1.12. The second kappa shape index (κ2) is 4.62. The number of benzene rings is 1. The van der Waals surface area contributed by atoms with E-state index in [9.17, 15) is 0 Å². The summed E-state index contributed by atoms with van der Waals surface area (Å²) in [4.78, 5) is 0. The Hall–Kier alpha value is -0.350. The molecule has 1 unspecified atom stereocenters. The molecule has 1 rings (SSSR count). The van der Waals surface area contributed by atoms with E-state index < -0.39 is 0 Å². The quantitative estimate of drug-likeness (QED) is 0.822. The number of rotatable bonds is 2. The van der Waals surface area contributed by atoms with E-state index in [0.29, 0.717) is 0 Å². The Kier molecular flexibility index (Phi) is 3.75. The van der Waals surface area contributed by atoms with Gasteiger partial charge in [0.15, 0.2) is 0 Å². The van der Waals surface area contributed by atoms with Gasteiger partial charge >= 0.3 is 0 Å². The Morgan fingerprint density at radius 2 is 1.92 bits per heavy atom. The van der Waals surface area contributed by atoms with Crippen LogP contribution < -0.4 is 0 Å². The normalized spacial score (nSPS) is 13.6. The second-order valence-corrected chi connectivity index (χ2v) is 3.90. The standard InChI is InChI=1S/C10H11IO/c1-8(12)2-3-9-4-6-10(11)7-5-9/h2-8,12H,1H3/b3-2+. The van der Waals surface area contributed by atoms with Crippen molar-refractivity contribution >= 4 is 28.7 Å². The highest BCUT2D eigenvalue weighted by atomic mass is 127. The molecule has 0 saturated heterocycles. The molecule has 0 amide bonds. The molecule has 0 aliphatic carbocycles. The molecule has 1 atom stereocenters. The molecule has 2 heteroatoms. The van der Waals surface area contributed by atoms with E-state index in [1.54, 1.807) is 13.0 Å². The third-order valence-corrected chi connectivity index (χ3v) is 2.16. The van der Waals surface area contributed by atoms with E-state index >= 15 is 0 Å². The Balaban J connectivity index is 2.71. The van der Waals surface area contributed by atoms with Crippen molar-refractivity contribution in [3.8, 4) is 0 Å². The average Bonchev–Trinajstić information content (AvgIpc) is 2.03. The van der Waals surface area contributed by atoms with E-state index in [1.807, 2.05) is 30.3 Å². The lowest BCUT2D eigenvalue weighted by Gasteiger charge is -1.95. The maximum atomic E-state index is 8.98. The molecule has 0 bridgehead atoms. The van der Waals surface area contributed by atoms with Crippen molar-refractivity contribution in [2.75, 3.05) is 0 Å². The molecule has 64 valence electrons. The predicted octanol–water partition coefficient (Wildman–Crippen LogP) is 2.69. The van der Waals surface area contributed by atoms with Crippen molar-refractivity contribution in [3.63, 3.8) is 0 Å². The van der Waals surface area contributed by atoms with Crippen LogP contribution in [0.2, 0.25) is 0 Å². The summed E-state index contributed by atoms with van der Waals surface area (Å²) in [5.74, 6) is 0. The highest BCUT2D eigenvalue weighted by Gasteiger charge is 1.88. The molecule has 0 radical (unpaired) electrons. The maximum absolute atomic E-state index is 8.98. The smallest absolute Gasteiger partial charge is 0.0696 e. The third-order valence-electron chi connectivity index (χ3n) is 1.44. The summed E-state index contributed by atoms with van der Waals surface area (Å²) in [6.07, 6.45) is 3.31. The topological polar surface area (TPSA) is 20.2 Å². The first-order chi connectivity index (χ1) is 5.68. The molecular formula is C10H11IO. The van der Waals surface area contributed by atoms with Gasteiger partial charge in [-0.2, -0.15) is 0 Å². The molecule has 0 heterocycles. The van der Waals surface area contributed by atoms with Crippen molar-refractivity contribution in [1.29, 1.82) is 0 Å². The zero-order valence-electron chi connectivity index (χ0n) is 6.87. The zero-order chi connectivity index (χ0) is 8.97. The van der Waals surface area contributed by atoms with Gasteiger partial charge in [0.2, 0.25) is 0 Å². The first kappa shape index (κ1) is 9.74. The van der Waals surface area contributed by atoms with Crippen LogP contribution in [0, 0.1) is 3.57 Å². The third kappa shape index (κ3) is 3.36. The fourth-order valence-electron chi connectivity index (χ4n) is 0.824. The molecule has 1 nitrogen and oxygen atoms in total. The van der Waals surface area contributed by atoms with Crippen molar-refractivity contribution < 1.29 is 5.11 Å². The van der Waals surface area contributed by atoms with Gasteiger partial charge in [0, 0.05) is 3.57 Å². The SMILES string of the molecule is CC(O)/C=C/c1ccc(I)cc1. The van der Waals surface area contributed by atoms with E-state index in [4.69, 9.17) is 5.11 Å². The van der Waals surface area contributed by atoms with Crippen LogP contribution in [-0.4, -0.2) is 11.2 Å². The van der Waals surface area contributed by atoms with Crippen LogP contribution in [0.25, 0.3) is 6.08 Å². The van der Waals surface area contributed by atoms with Gasteiger partial charge in [0.25, 0.3) is 0 Å². The highest BCUT2D eigenvalue weighted by molar-refractivity contribution is 14.1. The van der Waals surface area contributed by atoms with Gasteiger partial charge < -0.3 is 5.11 Å². The zero-order valence-corrected chi connectivity index (χ0v) is 9.02. The summed E-state index contributed by atoms with van der Waals surface area (Å²) < 4.78 is 1.22. The number of hydrogen-bond donors (Lipinski definition) is 1. The summed E-state index contributed by atoms with van der Waals surface area (Å²) >= 11 is 2.26. The molecule has 0 spiro atoms. The molecule has 1 N–H and O–H groups in total. The van der Waals surface area contributed by atoms with Gasteiger partial charge in [0.1, 0.15) is 0 Å². The monoisotopic (exact) mass is 274 g/mol. The van der Waals surface area contributed by atoms with E-state index in [0.717, 1.165) is 5.56 Å². The number of halogens is 1. The number of aliphatic hydroxyl groups is 1. The van der Waals surface area contributed by atoms with Gasteiger partial charge in [-0.1, -0.05) is 24.3 Å². The highest BCUT2D eigenvalue weighted by Crippen LogP contribution is 2.08. The van der Waals surface area contributed by atoms with Crippen LogP contribution in [0.4, 0.5) is 0 Å². The van der Waals surface area contributed by atoms with Crippen LogP contribution in [-0.2, 0) is 0 Å². The Labute approximate surface area is 86.3 Å². The van der Waals surface area contributed by atoms with E-state index in [-0.39, 0.29) is 6.10 Å². The van der Waals surface area contributed by atoms with Crippen molar-refractivity contribution in [1.82, 2.24) is 0 Å². The van der Waals surface area contributed by atoms with Gasteiger partial charge in [0.05, 0.1) is 6.10 Å². The molecule has 0 saturated carbocycles. The van der Waals surface area contributed by atoms with Gasteiger partial charge in [-0.3, -0.25) is 0 Å². The first-order valence-electron chi connectivity index (χ1n) is 3.80. The maximum Gasteiger partial charge on any atom is 0.0696 e. The molecule has 0 aliphatic rings. The van der Waals surface area contributed by atoms with Gasteiger partial charge in [-0.05, 0) is 47.2 Å². The van der Waals surface area contributed by atoms with Gasteiger partial charge in [-0.15, -0.1) is 0 Å². The summed E-state index contributed by atoms with van der Waals surface area (Å²) in [6, 6.07) is 8.14. The fourth-order valence-corrected chi connectivity index (χ4v) is 1.18. The summed E-state index contributed by atoms with van der Waals surface area (Å²) in [6.45, 7) is 1.74. The van der Waals surface area contributed by atoms with Gasteiger partial charge in [-0.25, -0.2) is 0 Å². The molecular weight excluding hydrogens is 263 g/mol. The molecule has 1 aromatic rings. The van der Waals surface area contributed by atoms with E-state index in [2.05, 4.69) is 22.6 Å². The lowest BCUT2D eigenvalue weighted by molar-refractivity contribution is 0.245. The minimum atomic E-state index is -0.371. The minimum absolute atomic E-state index is 0.371. The Morgan fingerprint density at radius 1 is 1.33 bits per heavy atom. The molecule has 0 fully saturated rings. The van der Waals surface area contributed by atoms with Crippen LogP contribution in [0.3, 0.4) is 0 Å². The number of hydrogen-bond acceptors (Lipinski definition) is 1. The van der Waals surface area contributed by atoms with Crippen LogP contribution >= 0.6 is 22.6 Å². The molecule has 12 heavy (non-hydrogen) atoms. The van der Waals surface area contributed by atoms with Crippen LogP contribution in [0.1, 0.15) is 12.5 Å². The first-order valence-corrected chi connectivity index (χ1v) is 4.88. The van der Waals surface area contributed by atoms with Crippen LogP contribution in [0.15, 0.2) is 30.3 Å². The molecule has 0 aromatic heterocycles. The summed E-state index contributed by atoms with van der Waals surface area (Å²) in [7, 11) is 0. The fraction of sp³-hybridized carbons (Fsp3) is 0.200. The summed E-state index contributed by atoms with van der Waals surface area (Å²) in [5, 5.41) is 8.98.